The van der Waals surface area contributed by atoms with Crippen LogP contribution in [0.15, 0.2) is 30.3 Å². The van der Waals surface area contributed by atoms with Crippen LogP contribution < -0.4 is 5.32 Å². The Bertz CT molecular complexity index is 367. The van der Waals surface area contributed by atoms with Crippen molar-refractivity contribution < 1.29 is 0 Å². The van der Waals surface area contributed by atoms with E-state index in [1.807, 2.05) is 0 Å². The van der Waals surface area contributed by atoms with Crippen molar-refractivity contribution in [2.75, 3.05) is 39.3 Å². The molecule has 1 aromatic rings. The molecule has 3 nitrogen and oxygen atoms in total. The van der Waals surface area contributed by atoms with E-state index in [1.54, 1.807) is 0 Å². The molecule has 0 unspecified atom stereocenters. The molecule has 1 aliphatic heterocycles. The summed E-state index contributed by atoms with van der Waals surface area (Å²) in [4.78, 5) is 5.27. The zero-order valence-electron chi connectivity index (χ0n) is 11.7. The molecule has 2 fully saturated rings. The highest BCUT2D eigenvalue weighted by molar-refractivity contribution is 5.14. The summed E-state index contributed by atoms with van der Waals surface area (Å²) in [6.07, 6.45) is 2.89. The van der Waals surface area contributed by atoms with Gasteiger partial charge in [-0.05, 0) is 18.4 Å². The Morgan fingerprint density at radius 2 is 1.74 bits per heavy atom. The van der Waals surface area contributed by atoms with Crippen molar-refractivity contribution in [1.29, 1.82) is 0 Å². The van der Waals surface area contributed by atoms with Crippen molar-refractivity contribution in [3.63, 3.8) is 0 Å². The number of hydrogen-bond donors (Lipinski definition) is 1. The van der Waals surface area contributed by atoms with E-state index in [0.717, 1.165) is 19.1 Å². The number of nitrogens with zero attached hydrogens (tertiary/aromatic N) is 2. The summed E-state index contributed by atoms with van der Waals surface area (Å²) in [6.45, 7) is 8.34. The van der Waals surface area contributed by atoms with Crippen molar-refractivity contribution in [3.05, 3.63) is 35.9 Å². The van der Waals surface area contributed by atoms with Gasteiger partial charge in [-0.15, -0.1) is 0 Å². The molecule has 0 aromatic heterocycles. The lowest BCUT2D eigenvalue weighted by molar-refractivity contribution is 0.127. The SMILES string of the molecule is c1ccc(CNCCN2CCN(C3CC3)CC2)cc1. The molecule has 0 radical (unpaired) electrons. The zero-order valence-corrected chi connectivity index (χ0v) is 11.7. The van der Waals surface area contributed by atoms with Gasteiger partial charge in [0.2, 0.25) is 0 Å². The van der Waals surface area contributed by atoms with E-state index >= 15 is 0 Å². The molecule has 19 heavy (non-hydrogen) atoms. The van der Waals surface area contributed by atoms with Gasteiger partial charge in [0, 0.05) is 51.9 Å². The predicted octanol–water partition coefficient (Wildman–Crippen LogP) is 1.56. The molecular formula is C16H25N3. The maximum atomic E-state index is 3.54. The Morgan fingerprint density at radius 3 is 2.42 bits per heavy atom. The maximum absolute atomic E-state index is 3.54. The first-order chi connectivity index (χ1) is 9.42. The van der Waals surface area contributed by atoms with E-state index in [4.69, 9.17) is 0 Å². The van der Waals surface area contributed by atoms with Gasteiger partial charge in [-0.2, -0.15) is 0 Å². The molecule has 0 spiro atoms. The third-order valence-corrected chi connectivity index (χ3v) is 4.25. The summed E-state index contributed by atoms with van der Waals surface area (Å²) < 4.78 is 0. The molecule has 3 heteroatoms. The first-order valence-electron chi connectivity index (χ1n) is 7.63. The lowest BCUT2D eigenvalue weighted by atomic mass is 10.2. The third-order valence-electron chi connectivity index (χ3n) is 4.25. The molecule has 1 heterocycles. The van der Waals surface area contributed by atoms with Gasteiger partial charge in [0.05, 0.1) is 0 Å². The van der Waals surface area contributed by atoms with Gasteiger partial charge in [0.1, 0.15) is 0 Å². The Kier molecular flexibility index (Phi) is 4.49. The van der Waals surface area contributed by atoms with Gasteiger partial charge in [0.15, 0.2) is 0 Å². The van der Waals surface area contributed by atoms with Gasteiger partial charge in [-0.25, -0.2) is 0 Å². The Hall–Kier alpha value is -0.900. The van der Waals surface area contributed by atoms with Crippen molar-refractivity contribution in [2.24, 2.45) is 0 Å². The summed E-state index contributed by atoms with van der Waals surface area (Å²) >= 11 is 0. The van der Waals surface area contributed by atoms with Crippen LogP contribution in [-0.2, 0) is 6.54 Å². The summed E-state index contributed by atoms with van der Waals surface area (Å²) in [6, 6.07) is 11.6. The van der Waals surface area contributed by atoms with Crippen molar-refractivity contribution in [3.8, 4) is 0 Å². The molecule has 0 amide bonds. The fraction of sp³-hybridized carbons (Fsp3) is 0.625. The minimum atomic E-state index is 0.943. The normalized spacial score (nSPS) is 21.7. The van der Waals surface area contributed by atoms with E-state index < -0.39 is 0 Å². The smallest absolute Gasteiger partial charge is 0.0206 e. The van der Waals surface area contributed by atoms with Crippen molar-refractivity contribution in [2.45, 2.75) is 25.4 Å². The van der Waals surface area contributed by atoms with Crippen LogP contribution >= 0.6 is 0 Å². The van der Waals surface area contributed by atoms with Crippen LogP contribution in [0, 0.1) is 0 Å². The van der Waals surface area contributed by atoms with Crippen LogP contribution in [0.5, 0.6) is 0 Å². The maximum Gasteiger partial charge on any atom is 0.0206 e. The number of hydrogen-bond acceptors (Lipinski definition) is 3. The molecular weight excluding hydrogens is 234 g/mol. The van der Waals surface area contributed by atoms with Gasteiger partial charge in [-0.3, -0.25) is 9.80 Å². The largest absolute Gasteiger partial charge is 0.311 e. The van der Waals surface area contributed by atoms with E-state index in [-0.39, 0.29) is 0 Å². The molecule has 0 bridgehead atoms. The van der Waals surface area contributed by atoms with Gasteiger partial charge in [0.25, 0.3) is 0 Å². The Labute approximate surface area is 116 Å². The first kappa shape index (κ1) is 13.1. The highest BCUT2D eigenvalue weighted by Crippen LogP contribution is 2.27. The highest BCUT2D eigenvalue weighted by atomic mass is 15.3. The third kappa shape index (κ3) is 4.03. The minimum Gasteiger partial charge on any atom is -0.311 e. The molecule has 3 rings (SSSR count). The highest BCUT2D eigenvalue weighted by Gasteiger charge is 2.30. The standard InChI is InChI=1S/C16H25N3/c1-2-4-15(5-3-1)14-17-8-9-18-10-12-19(13-11-18)16-6-7-16/h1-5,16-17H,6-14H2. The average Bonchev–Trinajstić information content (AvgIpc) is 3.30. The first-order valence-corrected chi connectivity index (χ1v) is 7.63. The quantitative estimate of drug-likeness (QED) is 0.782. The molecule has 1 N–H and O–H groups in total. The number of piperazine rings is 1. The number of benzene rings is 1. The van der Waals surface area contributed by atoms with Crippen LogP contribution in [0.3, 0.4) is 0 Å². The fourth-order valence-electron chi connectivity index (χ4n) is 2.86. The topological polar surface area (TPSA) is 18.5 Å². The van der Waals surface area contributed by atoms with Crippen LogP contribution in [0.25, 0.3) is 0 Å². The van der Waals surface area contributed by atoms with Crippen molar-refractivity contribution in [1.82, 2.24) is 15.1 Å². The van der Waals surface area contributed by atoms with Gasteiger partial charge >= 0.3 is 0 Å². The van der Waals surface area contributed by atoms with E-state index in [1.165, 1.54) is 51.1 Å². The fourth-order valence-corrected chi connectivity index (χ4v) is 2.86. The summed E-state index contributed by atoms with van der Waals surface area (Å²) in [5.74, 6) is 0. The lowest BCUT2D eigenvalue weighted by Crippen LogP contribution is -2.48. The van der Waals surface area contributed by atoms with Crippen LogP contribution in [0.1, 0.15) is 18.4 Å². The minimum absolute atomic E-state index is 0.943. The lowest BCUT2D eigenvalue weighted by Gasteiger charge is -2.34. The molecule has 0 atom stereocenters. The molecule has 1 aromatic carbocycles. The average molecular weight is 259 g/mol. The van der Waals surface area contributed by atoms with E-state index in [9.17, 15) is 0 Å². The Balaban J connectivity index is 1.28. The van der Waals surface area contributed by atoms with E-state index in [2.05, 4.69) is 45.4 Å². The summed E-state index contributed by atoms with van der Waals surface area (Å²) in [7, 11) is 0. The summed E-state index contributed by atoms with van der Waals surface area (Å²) in [5, 5.41) is 3.54. The molecule has 1 aliphatic carbocycles. The molecule has 2 aliphatic rings. The predicted molar refractivity (Wildman–Crippen MR) is 79.2 cm³/mol. The number of rotatable bonds is 6. The molecule has 1 saturated heterocycles. The van der Waals surface area contributed by atoms with Crippen LogP contribution in [0.2, 0.25) is 0 Å². The second-order valence-corrected chi connectivity index (χ2v) is 5.77. The monoisotopic (exact) mass is 259 g/mol. The van der Waals surface area contributed by atoms with Crippen molar-refractivity contribution >= 4 is 0 Å². The summed E-state index contributed by atoms with van der Waals surface area (Å²) in [5.41, 5.74) is 1.38. The molecule has 1 saturated carbocycles. The Morgan fingerprint density at radius 1 is 1.00 bits per heavy atom. The second-order valence-electron chi connectivity index (χ2n) is 5.77. The van der Waals surface area contributed by atoms with Gasteiger partial charge < -0.3 is 5.32 Å². The zero-order chi connectivity index (χ0) is 12.9. The van der Waals surface area contributed by atoms with E-state index in [0.29, 0.717) is 0 Å². The van der Waals surface area contributed by atoms with Crippen LogP contribution in [-0.4, -0.2) is 55.1 Å². The van der Waals surface area contributed by atoms with Gasteiger partial charge in [-0.1, -0.05) is 30.3 Å². The number of nitrogens with one attached hydrogen (secondary N) is 1. The second kappa shape index (κ2) is 6.51. The van der Waals surface area contributed by atoms with Crippen LogP contribution in [0.4, 0.5) is 0 Å². The molecule has 104 valence electrons.